The maximum Gasteiger partial charge on any atom is 0.261 e. The number of methoxy groups -OCH3 is 1. The minimum Gasteiger partial charge on any atom is -0.497 e. The fourth-order valence-electron chi connectivity index (χ4n) is 2.53. The van der Waals surface area contributed by atoms with Gasteiger partial charge in [-0.1, -0.05) is 0 Å². The zero-order valence-corrected chi connectivity index (χ0v) is 13.7. The predicted octanol–water partition coefficient (Wildman–Crippen LogP) is 2.91. The largest absolute Gasteiger partial charge is 0.497 e. The number of hydrogen-bond acceptors (Lipinski definition) is 4. The van der Waals surface area contributed by atoms with E-state index >= 15 is 0 Å². The molecule has 2 aromatic rings. The van der Waals surface area contributed by atoms with Gasteiger partial charge in [-0.3, -0.25) is 9.36 Å². The summed E-state index contributed by atoms with van der Waals surface area (Å²) < 4.78 is 6.84. The number of nitrogens with zero attached hydrogens (tertiary/aromatic N) is 2. The molecule has 0 fully saturated rings. The Hall–Kier alpha value is -1.88. The third-order valence-electron chi connectivity index (χ3n) is 3.88. The van der Waals surface area contributed by atoms with Crippen LogP contribution in [0.3, 0.4) is 0 Å². The van der Waals surface area contributed by atoms with E-state index in [-0.39, 0.29) is 11.6 Å². The summed E-state index contributed by atoms with van der Waals surface area (Å²) in [5.74, 6) is 0.652. The van der Waals surface area contributed by atoms with E-state index < -0.39 is 5.60 Å². The predicted molar refractivity (Wildman–Crippen MR) is 87.4 cm³/mol. The van der Waals surface area contributed by atoms with Crippen molar-refractivity contribution in [1.29, 1.82) is 0 Å². The average molecular weight is 304 g/mol. The molecule has 1 aromatic carbocycles. The van der Waals surface area contributed by atoms with E-state index in [1.165, 1.54) is 0 Å². The highest BCUT2D eigenvalue weighted by Crippen LogP contribution is 2.20. The monoisotopic (exact) mass is 304 g/mol. The van der Waals surface area contributed by atoms with Gasteiger partial charge in [0.15, 0.2) is 0 Å². The lowest BCUT2D eigenvalue weighted by Crippen LogP contribution is -2.24. The number of hydrogen-bond donors (Lipinski definition) is 1. The highest BCUT2D eigenvalue weighted by Gasteiger charge is 2.15. The van der Waals surface area contributed by atoms with Crippen molar-refractivity contribution in [3.63, 3.8) is 0 Å². The molecule has 1 N–H and O–H groups in total. The molecular weight excluding hydrogens is 280 g/mol. The third kappa shape index (κ3) is 3.85. The Morgan fingerprint density at radius 3 is 2.77 bits per heavy atom. The molecule has 5 nitrogen and oxygen atoms in total. The number of fused-ring (bicyclic) bond motifs is 1. The van der Waals surface area contributed by atoms with E-state index in [0.717, 1.165) is 12.8 Å². The van der Waals surface area contributed by atoms with Gasteiger partial charge >= 0.3 is 0 Å². The first kappa shape index (κ1) is 16.5. The molecule has 1 aromatic heterocycles. The topological polar surface area (TPSA) is 64.3 Å². The van der Waals surface area contributed by atoms with Gasteiger partial charge in [-0.15, -0.1) is 0 Å². The summed E-state index contributed by atoms with van der Waals surface area (Å²) in [6.07, 6.45) is 3.99. The van der Waals surface area contributed by atoms with Gasteiger partial charge in [0.2, 0.25) is 0 Å². The first-order valence-corrected chi connectivity index (χ1v) is 7.59. The molecule has 0 amide bonds. The van der Waals surface area contributed by atoms with Crippen LogP contribution >= 0.6 is 0 Å². The molecule has 0 unspecified atom stereocenters. The van der Waals surface area contributed by atoms with Crippen LogP contribution < -0.4 is 10.3 Å². The summed E-state index contributed by atoms with van der Waals surface area (Å²) in [7, 11) is 1.58. The minimum atomic E-state index is -0.667. The number of aromatic nitrogens is 2. The molecule has 22 heavy (non-hydrogen) atoms. The smallest absolute Gasteiger partial charge is 0.261 e. The maximum atomic E-state index is 12.6. The summed E-state index contributed by atoms with van der Waals surface area (Å²) >= 11 is 0. The van der Waals surface area contributed by atoms with Gasteiger partial charge < -0.3 is 9.84 Å². The summed E-state index contributed by atoms with van der Waals surface area (Å²) in [6.45, 7) is 5.60. The van der Waals surface area contributed by atoms with Crippen LogP contribution in [-0.2, 0) is 0 Å². The van der Waals surface area contributed by atoms with Gasteiger partial charge in [0.05, 0.1) is 29.9 Å². The standard InChI is InChI=1S/C17H24N2O3/c1-12(6-5-9-17(2,3)21)19-11-18-15-8-7-13(22-4)10-14(15)16(19)20/h7-8,10-12,21H,5-6,9H2,1-4H3/t12-/m0/s1. The van der Waals surface area contributed by atoms with E-state index in [4.69, 9.17) is 4.74 Å². The minimum absolute atomic E-state index is 0.0398. The van der Waals surface area contributed by atoms with Crippen LogP contribution in [0.15, 0.2) is 29.3 Å². The van der Waals surface area contributed by atoms with Crippen molar-refractivity contribution in [3.05, 3.63) is 34.9 Å². The summed E-state index contributed by atoms with van der Waals surface area (Å²) in [5, 5.41) is 10.3. The van der Waals surface area contributed by atoms with E-state index in [2.05, 4.69) is 4.98 Å². The number of rotatable bonds is 6. The second-order valence-electron chi connectivity index (χ2n) is 6.39. The molecule has 0 spiro atoms. The molecule has 0 saturated heterocycles. The molecule has 0 aliphatic carbocycles. The highest BCUT2D eigenvalue weighted by molar-refractivity contribution is 5.78. The maximum absolute atomic E-state index is 12.6. The van der Waals surface area contributed by atoms with Crippen LogP contribution in [0, 0.1) is 0 Å². The molecule has 2 rings (SSSR count). The van der Waals surface area contributed by atoms with E-state index in [9.17, 15) is 9.90 Å². The highest BCUT2D eigenvalue weighted by atomic mass is 16.5. The van der Waals surface area contributed by atoms with Crippen molar-refractivity contribution in [2.24, 2.45) is 0 Å². The van der Waals surface area contributed by atoms with Gasteiger partial charge in [-0.2, -0.15) is 0 Å². The lowest BCUT2D eigenvalue weighted by atomic mass is 9.99. The quantitative estimate of drug-likeness (QED) is 0.891. The zero-order valence-electron chi connectivity index (χ0n) is 13.7. The fourth-order valence-corrected chi connectivity index (χ4v) is 2.53. The van der Waals surface area contributed by atoms with Gasteiger partial charge in [0, 0.05) is 6.04 Å². The third-order valence-corrected chi connectivity index (χ3v) is 3.88. The first-order chi connectivity index (χ1) is 10.3. The van der Waals surface area contributed by atoms with Crippen LogP contribution in [0.1, 0.15) is 46.1 Å². The Bertz CT molecular complexity index is 701. The van der Waals surface area contributed by atoms with Crippen LogP contribution in [0.25, 0.3) is 10.9 Å². The molecule has 0 bridgehead atoms. The molecule has 0 aliphatic heterocycles. The summed E-state index contributed by atoms with van der Waals surface area (Å²) in [6, 6.07) is 5.35. The lowest BCUT2D eigenvalue weighted by Gasteiger charge is -2.19. The molecule has 120 valence electrons. The van der Waals surface area contributed by atoms with Crippen molar-refractivity contribution in [2.45, 2.75) is 51.7 Å². The van der Waals surface area contributed by atoms with Crippen LogP contribution in [0.5, 0.6) is 5.75 Å². The molecule has 1 heterocycles. The van der Waals surface area contributed by atoms with Crippen molar-refractivity contribution < 1.29 is 9.84 Å². The normalized spacial score (nSPS) is 13.3. The molecular formula is C17H24N2O3. The molecule has 0 radical (unpaired) electrons. The summed E-state index contributed by atoms with van der Waals surface area (Å²) in [5.41, 5.74) is -0.0509. The molecule has 5 heteroatoms. The van der Waals surface area contributed by atoms with Crippen LogP contribution in [0.4, 0.5) is 0 Å². The number of aliphatic hydroxyl groups is 1. The Labute approximate surface area is 130 Å². The molecule has 0 saturated carbocycles. The van der Waals surface area contributed by atoms with Crippen molar-refractivity contribution in [1.82, 2.24) is 9.55 Å². The number of benzene rings is 1. The second-order valence-corrected chi connectivity index (χ2v) is 6.39. The number of ether oxygens (including phenoxy) is 1. The van der Waals surface area contributed by atoms with Gasteiger partial charge in [0.1, 0.15) is 5.75 Å². The van der Waals surface area contributed by atoms with Gasteiger partial charge in [0.25, 0.3) is 5.56 Å². The van der Waals surface area contributed by atoms with Crippen LogP contribution in [-0.4, -0.2) is 27.4 Å². The van der Waals surface area contributed by atoms with E-state index in [0.29, 0.717) is 23.1 Å². The Morgan fingerprint density at radius 2 is 2.14 bits per heavy atom. The Morgan fingerprint density at radius 1 is 1.41 bits per heavy atom. The lowest BCUT2D eigenvalue weighted by molar-refractivity contribution is 0.0671. The Kier molecular flexibility index (Phi) is 4.86. The van der Waals surface area contributed by atoms with Gasteiger partial charge in [-0.25, -0.2) is 4.98 Å². The SMILES string of the molecule is COc1ccc2ncn([C@@H](C)CCCC(C)(C)O)c(=O)c2c1. The first-order valence-electron chi connectivity index (χ1n) is 7.59. The van der Waals surface area contributed by atoms with Crippen LogP contribution in [0.2, 0.25) is 0 Å². The second kappa shape index (κ2) is 6.48. The van der Waals surface area contributed by atoms with Crippen molar-refractivity contribution >= 4 is 10.9 Å². The zero-order chi connectivity index (χ0) is 16.3. The molecule has 0 aliphatic rings. The molecule has 1 atom stereocenters. The van der Waals surface area contributed by atoms with Crippen molar-refractivity contribution in [3.8, 4) is 5.75 Å². The van der Waals surface area contributed by atoms with E-state index in [1.807, 2.05) is 6.92 Å². The van der Waals surface area contributed by atoms with Gasteiger partial charge in [-0.05, 0) is 58.2 Å². The average Bonchev–Trinajstić information content (AvgIpc) is 2.46. The van der Waals surface area contributed by atoms with Crippen molar-refractivity contribution in [2.75, 3.05) is 7.11 Å². The summed E-state index contributed by atoms with van der Waals surface area (Å²) in [4.78, 5) is 17.0. The fraction of sp³-hybridized carbons (Fsp3) is 0.529. The Balaban J connectivity index is 2.24. The van der Waals surface area contributed by atoms with E-state index in [1.54, 1.807) is 50.1 Å².